The van der Waals surface area contributed by atoms with Crippen molar-refractivity contribution in [3.63, 3.8) is 0 Å². The molecule has 2 aromatic rings. The minimum absolute atomic E-state index is 0.0184. The van der Waals surface area contributed by atoms with Gasteiger partial charge in [0.25, 0.3) is 0 Å². The second-order valence-corrected chi connectivity index (χ2v) is 4.72. The lowest BCUT2D eigenvalue weighted by atomic mass is 10.0. The summed E-state index contributed by atoms with van der Waals surface area (Å²) in [6, 6.07) is 12.3. The van der Waals surface area contributed by atoms with Gasteiger partial charge in [-0.25, -0.2) is 0 Å². The molecule has 3 nitrogen and oxygen atoms in total. The molecule has 0 fully saturated rings. The van der Waals surface area contributed by atoms with Gasteiger partial charge < -0.3 is 15.5 Å². The summed E-state index contributed by atoms with van der Waals surface area (Å²) in [7, 11) is 0. The van der Waals surface area contributed by atoms with Crippen molar-refractivity contribution in [3.05, 3.63) is 54.0 Å². The van der Waals surface area contributed by atoms with Crippen LogP contribution < -0.4 is 11.1 Å². The summed E-state index contributed by atoms with van der Waals surface area (Å²) in [4.78, 5) is 0. The van der Waals surface area contributed by atoms with Crippen molar-refractivity contribution in [2.24, 2.45) is 5.73 Å². The van der Waals surface area contributed by atoms with Gasteiger partial charge in [-0.2, -0.15) is 0 Å². The number of benzene rings is 1. The second-order valence-electron chi connectivity index (χ2n) is 4.72. The van der Waals surface area contributed by atoms with E-state index in [2.05, 4.69) is 43.4 Å². The molecule has 1 aromatic carbocycles. The summed E-state index contributed by atoms with van der Waals surface area (Å²) in [5.41, 5.74) is 8.16. The summed E-state index contributed by atoms with van der Waals surface area (Å²) >= 11 is 0. The Morgan fingerprint density at radius 2 is 1.89 bits per heavy atom. The molecular weight excluding hydrogens is 224 g/mol. The average Bonchev–Trinajstić information content (AvgIpc) is 2.90. The summed E-state index contributed by atoms with van der Waals surface area (Å²) < 4.78 is 5.38. The van der Waals surface area contributed by atoms with Gasteiger partial charge in [-0.1, -0.05) is 26.0 Å². The van der Waals surface area contributed by atoms with Crippen LogP contribution in [0.2, 0.25) is 0 Å². The van der Waals surface area contributed by atoms with Crippen LogP contribution in [-0.2, 0) is 0 Å². The van der Waals surface area contributed by atoms with Gasteiger partial charge in [0.15, 0.2) is 0 Å². The molecule has 0 saturated carbocycles. The maximum atomic E-state index is 5.77. The van der Waals surface area contributed by atoms with E-state index in [0.717, 1.165) is 11.4 Å². The van der Waals surface area contributed by atoms with E-state index in [1.807, 2.05) is 12.1 Å². The van der Waals surface area contributed by atoms with Crippen LogP contribution in [-0.4, -0.2) is 6.54 Å². The Bertz CT molecular complexity index is 460. The molecule has 0 aliphatic rings. The molecular formula is C15H20N2O. The predicted octanol–water partition coefficient (Wildman–Crippen LogP) is 3.51. The van der Waals surface area contributed by atoms with E-state index in [-0.39, 0.29) is 6.04 Å². The fraction of sp³-hybridized carbons (Fsp3) is 0.333. The van der Waals surface area contributed by atoms with Crippen LogP contribution in [0.4, 0.5) is 5.69 Å². The fourth-order valence-corrected chi connectivity index (χ4v) is 1.90. The molecule has 96 valence electrons. The molecule has 3 N–H and O–H groups in total. The van der Waals surface area contributed by atoms with Crippen LogP contribution in [0.5, 0.6) is 0 Å². The minimum atomic E-state index is 0.0184. The van der Waals surface area contributed by atoms with E-state index in [0.29, 0.717) is 12.5 Å². The van der Waals surface area contributed by atoms with Crippen LogP contribution in [0, 0.1) is 0 Å². The number of nitrogens with two attached hydrogens (primary N) is 1. The largest absolute Gasteiger partial charge is 0.467 e. The highest BCUT2D eigenvalue weighted by atomic mass is 16.3. The van der Waals surface area contributed by atoms with Crippen LogP contribution in [0.25, 0.3) is 0 Å². The van der Waals surface area contributed by atoms with Crippen molar-refractivity contribution < 1.29 is 4.42 Å². The molecule has 1 unspecified atom stereocenters. The quantitative estimate of drug-likeness (QED) is 0.846. The highest BCUT2D eigenvalue weighted by molar-refractivity contribution is 5.46. The lowest BCUT2D eigenvalue weighted by Crippen LogP contribution is -2.20. The number of anilines is 1. The topological polar surface area (TPSA) is 51.2 Å². The molecule has 1 aromatic heterocycles. The molecule has 0 spiro atoms. The van der Waals surface area contributed by atoms with Crippen LogP contribution in [0.3, 0.4) is 0 Å². The summed E-state index contributed by atoms with van der Waals surface area (Å²) in [5.74, 6) is 1.42. The summed E-state index contributed by atoms with van der Waals surface area (Å²) in [6.07, 6.45) is 1.67. The zero-order chi connectivity index (χ0) is 13.0. The lowest BCUT2D eigenvalue weighted by molar-refractivity contribution is 0.482. The molecule has 0 amide bonds. The Hall–Kier alpha value is -1.74. The molecule has 18 heavy (non-hydrogen) atoms. The molecule has 0 aliphatic carbocycles. The standard InChI is InChI=1S/C15H20N2O/c1-11(2)12-5-7-13(8-6-12)17-14(10-16)15-4-3-9-18-15/h3-9,11,14,17H,10,16H2,1-2H3. The van der Waals surface area contributed by atoms with Gasteiger partial charge in [0.1, 0.15) is 5.76 Å². The van der Waals surface area contributed by atoms with Gasteiger partial charge in [0, 0.05) is 12.2 Å². The Labute approximate surface area is 108 Å². The van der Waals surface area contributed by atoms with Crippen molar-refractivity contribution in [2.45, 2.75) is 25.8 Å². The van der Waals surface area contributed by atoms with Crippen molar-refractivity contribution in [1.82, 2.24) is 0 Å². The SMILES string of the molecule is CC(C)c1ccc(NC(CN)c2ccco2)cc1. The van der Waals surface area contributed by atoms with Crippen molar-refractivity contribution in [1.29, 1.82) is 0 Å². The molecule has 3 heteroatoms. The molecule has 1 heterocycles. The fourth-order valence-electron chi connectivity index (χ4n) is 1.90. The molecule has 1 atom stereocenters. The third-order valence-corrected chi connectivity index (χ3v) is 3.04. The Morgan fingerprint density at radius 3 is 2.39 bits per heavy atom. The number of hydrogen-bond acceptors (Lipinski definition) is 3. The molecule has 0 saturated heterocycles. The van der Waals surface area contributed by atoms with Crippen molar-refractivity contribution in [3.8, 4) is 0 Å². The van der Waals surface area contributed by atoms with Gasteiger partial charge in [-0.15, -0.1) is 0 Å². The summed E-state index contributed by atoms with van der Waals surface area (Å²) in [6.45, 7) is 4.88. The third-order valence-electron chi connectivity index (χ3n) is 3.04. The van der Waals surface area contributed by atoms with E-state index in [1.54, 1.807) is 6.26 Å². The smallest absolute Gasteiger partial charge is 0.127 e. The first-order chi connectivity index (χ1) is 8.70. The maximum Gasteiger partial charge on any atom is 0.127 e. The van der Waals surface area contributed by atoms with Crippen LogP contribution in [0.1, 0.15) is 37.1 Å². The Balaban J connectivity index is 2.08. The predicted molar refractivity (Wildman–Crippen MR) is 74.7 cm³/mol. The molecule has 0 bridgehead atoms. The van der Waals surface area contributed by atoms with E-state index in [9.17, 15) is 0 Å². The van der Waals surface area contributed by atoms with E-state index in [4.69, 9.17) is 10.2 Å². The van der Waals surface area contributed by atoms with Gasteiger partial charge in [-0.05, 0) is 35.7 Å². The van der Waals surface area contributed by atoms with Crippen molar-refractivity contribution in [2.75, 3.05) is 11.9 Å². The van der Waals surface area contributed by atoms with E-state index < -0.39 is 0 Å². The van der Waals surface area contributed by atoms with Gasteiger partial charge >= 0.3 is 0 Å². The van der Waals surface area contributed by atoms with Gasteiger partial charge in [0.2, 0.25) is 0 Å². The first-order valence-corrected chi connectivity index (χ1v) is 6.30. The van der Waals surface area contributed by atoms with Crippen LogP contribution in [0.15, 0.2) is 47.1 Å². The highest BCUT2D eigenvalue weighted by Crippen LogP contribution is 2.21. The zero-order valence-corrected chi connectivity index (χ0v) is 10.9. The Morgan fingerprint density at radius 1 is 1.17 bits per heavy atom. The Kier molecular flexibility index (Phi) is 4.05. The summed E-state index contributed by atoms with van der Waals surface area (Å²) in [5, 5.41) is 3.38. The molecule has 0 radical (unpaired) electrons. The van der Waals surface area contributed by atoms with Gasteiger partial charge in [-0.3, -0.25) is 0 Å². The monoisotopic (exact) mass is 244 g/mol. The van der Waals surface area contributed by atoms with Crippen molar-refractivity contribution >= 4 is 5.69 Å². The maximum absolute atomic E-state index is 5.77. The average molecular weight is 244 g/mol. The third kappa shape index (κ3) is 2.93. The normalized spacial score (nSPS) is 12.7. The zero-order valence-electron chi connectivity index (χ0n) is 10.9. The minimum Gasteiger partial charge on any atom is -0.467 e. The number of nitrogens with one attached hydrogen (secondary N) is 1. The molecule has 2 rings (SSSR count). The lowest BCUT2D eigenvalue weighted by Gasteiger charge is -2.16. The first-order valence-electron chi connectivity index (χ1n) is 6.30. The van der Waals surface area contributed by atoms with Gasteiger partial charge in [0.05, 0.1) is 12.3 Å². The highest BCUT2D eigenvalue weighted by Gasteiger charge is 2.11. The van der Waals surface area contributed by atoms with E-state index >= 15 is 0 Å². The van der Waals surface area contributed by atoms with Crippen LogP contribution >= 0.6 is 0 Å². The van der Waals surface area contributed by atoms with E-state index in [1.165, 1.54) is 5.56 Å². The second kappa shape index (κ2) is 5.74. The first kappa shape index (κ1) is 12.7. The molecule has 0 aliphatic heterocycles. The number of hydrogen-bond donors (Lipinski definition) is 2. The number of furan rings is 1. The number of rotatable bonds is 5.